The lowest BCUT2D eigenvalue weighted by molar-refractivity contribution is -0.158. The Kier molecular flexibility index (Phi) is 22.7. The van der Waals surface area contributed by atoms with Crippen molar-refractivity contribution in [3.63, 3.8) is 0 Å². The first-order valence-electron chi connectivity index (χ1n) is 13.0. The molecule has 31 heavy (non-hydrogen) atoms. The van der Waals surface area contributed by atoms with Crippen LogP contribution in [0.4, 0.5) is 0 Å². The second-order valence-corrected chi connectivity index (χ2v) is 8.75. The van der Waals surface area contributed by atoms with Crippen LogP contribution in [0.25, 0.3) is 0 Å². The molecule has 5 nitrogen and oxygen atoms in total. The van der Waals surface area contributed by atoms with Gasteiger partial charge in [-0.1, -0.05) is 110 Å². The summed E-state index contributed by atoms with van der Waals surface area (Å²) in [5.41, 5.74) is 0. The molecule has 0 saturated carbocycles. The predicted molar refractivity (Wildman–Crippen MR) is 127 cm³/mol. The van der Waals surface area contributed by atoms with Gasteiger partial charge in [-0.05, 0) is 19.8 Å². The smallest absolute Gasteiger partial charge is 0.332 e. The quantitative estimate of drug-likeness (QED) is 0.124. The molecule has 0 aliphatic carbocycles. The number of carbonyl (C=O) groups excluding carboxylic acids is 2. The Morgan fingerprint density at radius 2 is 1.06 bits per heavy atom. The topological polar surface area (TPSA) is 61.8 Å². The number of hydrogen-bond donors (Lipinski definition) is 0. The van der Waals surface area contributed by atoms with Crippen LogP contribution < -0.4 is 0 Å². The SMILES string of the molecule is CCCCCCCCCCCCCCCCCOC(=O)COCC(=O)OC(C)CCC. The molecule has 184 valence electrons. The minimum absolute atomic E-state index is 0.113. The molecule has 0 N–H and O–H groups in total. The van der Waals surface area contributed by atoms with Crippen LogP contribution >= 0.6 is 0 Å². The average molecular weight is 443 g/mol. The van der Waals surface area contributed by atoms with Crippen LogP contribution in [0.15, 0.2) is 0 Å². The summed E-state index contributed by atoms with van der Waals surface area (Å²) < 4.78 is 15.4. The van der Waals surface area contributed by atoms with E-state index in [9.17, 15) is 9.59 Å². The van der Waals surface area contributed by atoms with E-state index in [1.165, 1.54) is 83.5 Å². The first-order chi connectivity index (χ1) is 15.1. The van der Waals surface area contributed by atoms with Crippen molar-refractivity contribution < 1.29 is 23.8 Å². The van der Waals surface area contributed by atoms with Crippen LogP contribution in [-0.4, -0.2) is 37.9 Å². The molecule has 0 aromatic carbocycles. The average Bonchev–Trinajstić information content (AvgIpc) is 2.73. The largest absolute Gasteiger partial charge is 0.464 e. The molecule has 0 spiro atoms. The fourth-order valence-electron chi connectivity index (χ4n) is 3.64. The second kappa shape index (κ2) is 23.6. The highest BCUT2D eigenvalue weighted by Gasteiger charge is 2.10. The molecule has 0 rings (SSSR count). The molecule has 0 saturated heterocycles. The van der Waals surface area contributed by atoms with Crippen LogP contribution in [0.1, 0.15) is 130 Å². The zero-order valence-electron chi connectivity index (χ0n) is 20.8. The van der Waals surface area contributed by atoms with Gasteiger partial charge in [-0.25, -0.2) is 9.59 Å². The lowest BCUT2D eigenvalue weighted by atomic mass is 10.0. The second-order valence-electron chi connectivity index (χ2n) is 8.75. The van der Waals surface area contributed by atoms with E-state index >= 15 is 0 Å². The number of unbranched alkanes of at least 4 members (excludes halogenated alkanes) is 14. The summed E-state index contributed by atoms with van der Waals surface area (Å²) in [7, 11) is 0. The predicted octanol–water partition coefficient (Wildman–Crippen LogP) is 7.15. The van der Waals surface area contributed by atoms with Crippen molar-refractivity contribution in [1.82, 2.24) is 0 Å². The highest BCUT2D eigenvalue weighted by molar-refractivity contribution is 5.73. The van der Waals surface area contributed by atoms with E-state index in [1.54, 1.807) is 0 Å². The molecule has 0 aromatic heterocycles. The number of ether oxygens (including phenoxy) is 3. The summed E-state index contributed by atoms with van der Waals surface area (Å²) in [6, 6.07) is 0. The molecule has 5 heteroatoms. The summed E-state index contributed by atoms with van der Waals surface area (Å²) in [6.07, 6.45) is 21.4. The molecule has 0 aromatic rings. The van der Waals surface area contributed by atoms with E-state index in [0.29, 0.717) is 6.61 Å². The van der Waals surface area contributed by atoms with E-state index < -0.39 is 11.9 Å². The Morgan fingerprint density at radius 3 is 1.55 bits per heavy atom. The van der Waals surface area contributed by atoms with Crippen LogP contribution in [0.5, 0.6) is 0 Å². The maximum absolute atomic E-state index is 11.6. The van der Waals surface area contributed by atoms with Crippen molar-refractivity contribution in [2.45, 2.75) is 136 Å². The number of esters is 2. The molecule has 0 radical (unpaired) electrons. The van der Waals surface area contributed by atoms with Gasteiger partial charge in [0.25, 0.3) is 0 Å². The van der Waals surface area contributed by atoms with Crippen molar-refractivity contribution in [2.75, 3.05) is 19.8 Å². The van der Waals surface area contributed by atoms with Gasteiger partial charge in [-0.2, -0.15) is 0 Å². The molecule has 0 aliphatic rings. The third-order valence-corrected chi connectivity index (χ3v) is 5.48. The van der Waals surface area contributed by atoms with Gasteiger partial charge in [-0.3, -0.25) is 0 Å². The van der Waals surface area contributed by atoms with Crippen molar-refractivity contribution in [2.24, 2.45) is 0 Å². The summed E-state index contributed by atoms with van der Waals surface area (Å²) in [5.74, 6) is -0.851. The zero-order chi connectivity index (χ0) is 23.0. The minimum atomic E-state index is -0.434. The lowest BCUT2D eigenvalue weighted by Gasteiger charge is -2.12. The normalized spacial score (nSPS) is 12.0. The molecule has 1 atom stereocenters. The Bertz CT molecular complexity index is 411. The Hall–Kier alpha value is -1.10. The van der Waals surface area contributed by atoms with Gasteiger partial charge >= 0.3 is 11.9 Å². The van der Waals surface area contributed by atoms with Gasteiger partial charge in [0.1, 0.15) is 13.2 Å². The van der Waals surface area contributed by atoms with E-state index in [-0.39, 0.29) is 19.3 Å². The fraction of sp³-hybridized carbons (Fsp3) is 0.923. The van der Waals surface area contributed by atoms with Crippen LogP contribution in [0.2, 0.25) is 0 Å². The number of rotatable bonds is 23. The maximum atomic E-state index is 11.6. The number of hydrogen-bond acceptors (Lipinski definition) is 5. The van der Waals surface area contributed by atoms with Gasteiger partial charge < -0.3 is 14.2 Å². The van der Waals surface area contributed by atoms with Crippen LogP contribution in [-0.2, 0) is 23.8 Å². The maximum Gasteiger partial charge on any atom is 0.332 e. The summed E-state index contributed by atoms with van der Waals surface area (Å²) in [5, 5.41) is 0. The van der Waals surface area contributed by atoms with Crippen molar-refractivity contribution in [3.8, 4) is 0 Å². The highest BCUT2D eigenvalue weighted by atomic mass is 16.6. The van der Waals surface area contributed by atoms with Crippen LogP contribution in [0, 0.1) is 0 Å². The van der Waals surface area contributed by atoms with Gasteiger partial charge in [0.2, 0.25) is 0 Å². The van der Waals surface area contributed by atoms with Gasteiger partial charge in [0, 0.05) is 0 Å². The zero-order valence-corrected chi connectivity index (χ0v) is 20.8. The molecular weight excluding hydrogens is 392 g/mol. The summed E-state index contributed by atoms with van der Waals surface area (Å²) in [4.78, 5) is 23.1. The van der Waals surface area contributed by atoms with E-state index in [0.717, 1.165) is 25.7 Å². The Balaban J connectivity index is 3.28. The molecular formula is C26H50O5. The van der Waals surface area contributed by atoms with Crippen LogP contribution in [0.3, 0.4) is 0 Å². The van der Waals surface area contributed by atoms with E-state index in [4.69, 9.17) is 14.2 Å². The summed E-state index contributed by atoms with van der Waals surface area (Å²) >= 11 is 0. The Labute approximate surface area is 192 Å². The first kappa shape index (κ1) is 29.9. The molecule has 0 fully saturated rings. The van der Waals surface area contributed by atoms with Gasteiger partial charge in [0.15, 0.2) is 0 Å². The van der Waals surface area contributed by atoms with Gasteiger partial charge in [-0.15, -0.1) is 0 Å². The van der Waals surface area contributed by atoms with Crippen molar-refractivity contribution >= 4 is 11.9 Å². The third-order valence-electron chi connectivity index (χ3n) is 5.48. The van der Waals surface area contributed by atoms with Crippen molar-refractivity contribution in [3.05, 3.63) is 0 Å². The van der Waals surface area contributed by atoms with E-state index in [2.05, 4.69) is 6.92 Å². The molecule has 0 aliphatic heterocycles. The molecule has 0 amide bonds. The van der Waals surface area contributed by atoms with E-state index in [1.807, 2.05) is 13.8 Å². The lowest BCUT2D eigenvalue weighted by Crippen LogP contribution is -2.22. The molecule has 0 bridgehead atoms. The molecule has 1 unspecified atom stereocenters. The molecule has 0 heterocycles. The first-order valence-corrected chi connectivity index (χ1v) is 13.0. The van der Waals surface area contributed by atoms with Crippen molar-refractivity contribution in [1.29, 1.82) is 0 Å². The monoisotopic (exact) mass is 442 g/mol. The van der Waals surface area contributed by atoms with Gasteiger partial charge in [0.05, 0.1) is 12.7 Å². The minimum Gasteiger partial charge on any atom is -0.464 e. The highest BCUT2D eigenvalue weighted by Crippen LogP contribution is 2.13. The summed E-state index contributed by atoms with van der Waals surface area (Å²) in [6.45, 7) is 6.18. The standard InChI is InChI=1S/C26H50O5/c1-4-6-7-8-9-10-11-12-13-14-15-16-17-18-19-21-30-25(27)22-29-23-26(28)31-24(3)20-5-2/h24H,4-23H2,1-3H3. The Morgan fingerprint density at radius 1 is 0.613 bits per heavy atom. The fourth-order valence-corrected chi connectivity index (χ4v) is 3.64. The third kappa shape index (κ3) is 23.4. The number of carbonyl (C=O) groups is 2.